The Morgan fingerprint density at radius 1 is 1.31 bits per heavy atom. The summed E-state index contributed by atoms with van der Waals surface area (Å²) < 4.78 is 0. The lowest BCUT2D eigenvalue weighted by Gasteiger charge is -2.19. The van der Waals surface area contributed by atoms with Crippen LogP contribution in [0.3, 0.4) is 0 Å². The highest BCUT2D eigenvalue weighted by molar-refractivity contribution is 9.09. The Morgan fingerprint density at radius 3 is 2.56 bits per heavy atom. The predicted molar refractivity (Wildman–Crippen MR) is 74.3 cm³/mol. The minimum absolute atomic E-state index is 0.117. The zero-order valence-corrected chi connectivity index (χ0v) is 11.7. The molecular weight excluding hydrogens is 264 g/mol. The predicted octanol–water partition coefficient (Wildman–Crippen LogP) is 4.49. The van der Waals surface area contributed by atoms with Crippen molar-refractivity contribution in [1.82, 2.24) is 0 Å². The third kappa shape index (κ3) is 3.67. The number of allylic oxidation sites excluding steroid dienone is 1. The lowest BCUT2D eigenvalue weighted by Crippen LogP contribution is -2.10. The summed E-state index contributed by atoms with van der Waals surface area (Å²) in [6, 6.07) is 5.81. The largest absolute Gasteiger partial charge is 0.507 e. The summed E-state index contributed by atoms with van der Waals surface area (Å²) in [6.45, 7) is 6.52. The number of aromatic hydroxyl groups is 1. The molecule has 1 aromatic carbocycles. The molecule has 1 N–H and O–H groups in total. The Balaban J connectivity index is 3.00. The van der Waals surface area contributed by atoms with Crippen LogP contribution in [0, 0.1) is 0 Å². The van der Waals surface area contributed by atoms with Crippen molar-refractivity contribution in [2.45, 2.75) is 32.6 Å². The smallest absolute Gasteiger partial charge is 0.122 e. The van der Waals surface area contributed by atoms with Crippen LogP contribution in [0.4, 0.5) is 0 Å². The summed E-state index contributed by atoms with van der Waals surface area (Å²) in [6.07, 6.45) is 5.02. The van der Waals surface area contributed by atoms with Crippen molar-refractivity contribution in [2.75, 3.05) is 5.33 Å². The molecule has 0 aromatic heterocycles. The highest BCUT2D eigenvalue weighted by Gasteiger charge is 2.14. The third-order valence-electron chi connectivity index (χ3n) is 2.47. The number of rotatable bonds is 3. The van der Waals surface area contributed by atoms with E-state index in [1.54, 1.807) is 6.07 Å². The van der Waals surface area contributed by atoms with Crippen LogP contribution < -0.4 is 0 Å². The second-order valence-electron chi connectivity index (χ2n) is 4.90. The molecule has 1 aromatic rings. The fourth-order valence-corrected chi connectivity index (χ4v) is 1.69. The molecule has 0 unspecified atom stereocenters. The number of alkyl halides is 1. The van der Waals surface area contributed by atoms with Crippen LogP contribution in [0.2, 0.25) is 0 Å². The van der Waals surface area contributed by atoms with Gasteiger partial charge in [0.2, 0.25) is 0 Å². The van der Waals surface area contributed by atoms with Crippen LogP contribution in [0.5, 0.6) is 5.75 Å². The van der Waals surface area contributed by atoms with Crippen molar-refractivity contribution in [1.29, 1.82) is 0 Å². The van der Waals surface area contributed by atoms with Gasteiger partial charge in [0.15, 0.2) is 0 Å². The normalized spacial score (nSPS) is 12.2. The van der Waals surface area contributed by atoms with Crippen LogP contribution in [0.25, 0.3) is 6.08 Å². The molecule has 88 valence electrons. The molecule has 0 amide bonds. The number of benzene rings is 1. The first-order valence-corrected chi connectivity index (χ1v) is 6.63. The average molecular weight is 283 g/mol. The average Bonchev–Trinajstić information content (AvgIpc) is 2.19. The fourth-order valence-electron chi connectivity index (χ4n) is 1.43. The maximum absolute atomic E-state index is 9.74. The first-order chi connectivity index (χ1) is 7.45. The van der Waals surface area contributed by atoms with Gasteiger partial charge in [-0.05, 0) is 29.5 Å². The summed E-state index contributed by atoms with van der Waals surface area (Å²) in [5.74, 6) is 0.346. The molecule has 0 saturated carbocycles. The molecule has 0 saturated heterocycles. The molecule has 0 aliphatic rings. The molecular formula is C14H19BrO. The highest BCUT2D eigenvalue weighted by atomic mass is 79.9. The summed E-state index contributed by atoms with van der Waals surface area (Å²) in [5.41, 5.74) is 2.25. The lowest BCUT2D eigenvalue weighted by molar-refractivity contribution is 0.472. The van der Waals surface area contributed by atoms with Gasteiger partial charge in [-0.2, -0.15) is 0 Å². The Kier molecular flexibility index (Phi) is 4.60. The maximum Gasteiger partial charge on any atom is 0.122 e. The van der Waals surface area contributed by atoms with E-state index in [0.717, 1.165) is 17.3 Å². The van der Waals surface area contributed by atoms with E-state index in [2.05, 4.69) is 48.8 Å². The second-order valence-corrected chi connectivity index (χ2v) is 5.70. The van der Waals surface area contributed by atoms with E-state index in [1.807, 2.05) is 12.1 Å². The first-order valence-electron chi connectivity index (χ1n) is 5.51. The van der Waals surface area contributed by atoms with Gasteiger partial charge in [-0.25, -0.2) is 0 Å². The molecule has 2 heteroatoms. The summed E-state index contributed by atoms with van der Waals surface area (Å²) in [5, 5.41) is 10.7. The van der Waals surface area contributed by atoms with E-state index < -0.39 is 0 Å². The Bertz CT molecular complexity index is 375. The zero-order chi connectivity index (χ0) is 12.2. The molecule has 1 rings (SSSR count). The van der Waals surface area contributed by atoms with Gasteiger partial charge < -0.3 is 5.11 Å². The van der Waals surface area contributed by atoms with Crippen molar-refractivity contribution < 1.29 is 5.11 Å². The van der Waals surface area contributed by atoms with E-state index in [4.69, 9.17) is 0 Å². The van der Waals surface area contributed by atoms with Gasteiger partial charge in [-0.15, -0.1) is 0 Å². The molecule has 0 heterocycles. The van der Waals surface area contributed by atoms with Crippen LogP contribution in [-0.4, -0.2) is 10.4 Å². The third-order valence-corrected chi connectivity index (χ3v) is 2.92. The Hall–Kier alpha value is -0.760. The Labute approximate surface area is 106 Å². The summed E-state index contributed by atoms with van der Waals surface area (Å²) in [7, 11) is 0. The van der Waals surface area contributed by atoms with E-state index in [0.29, 0.717) is 5.75 Å². The van der Waals surface area contributed by atoms with Gasteiger partial charge in [0.25, 0.3) is 0 Å². The van der Waals surface area contributed by atoms with E-state index in [1.165, 1.54) is 5.56 Å². The van der Waals surface area contributed by atoms with Crippen molar-refractivity contribution >= 4 is 22.0 Å². The maximum atomic E-state index is 9.74. The van der Waals surface area contributed by atoms with E-state index in [-0.39, 0.29) is 5.41 Å². The number of hydrogen-bond acceptors (Lipinski definition) is 1. The molecule has 0 bridgehead atoms. The van der Waals surface area contributed by atoms with Crippen LogP contribution >= 0.6 is 15.9 Å². The molecule has 0 aliphatic heterocycles. The standard InChI is InChI=1S/C14H19BrO/c1-14(2,3)12-7-8-13(16)11(10-12)6-4-5-9-15/h4,6-8,10,16H,5,9H2,1-3H3. The monoisotopic (exact) mass is 282 g/mol. The first kappa shape index (κ1) is 13.3. The minimum Gasteiger partial charge on any atom is -0.507 e. The Morgan fingerprint density at radius 2 is 2.00 bits per heavy atom. The molecule has 0 fully saturated rings. The molecule has 16 heavy (non-hydrogen) atoms. The van der Waals surface area contributed by atoms with Gasteiger partial charge in [0.05, 0.1) is 0 Å². The van der Waals surface area contributed by atoms with Crippen LogP contribution in [0.15, 0.2) is 24.3 Å². The zero-order valence-electron chi connectivity index (χ0n) is 10.1. The topological polar surface area (TPSA) is 20.2 Å². The molecule has 1 nitrogen and oxygen atoms in total. The number of hydrogen-bond donors (Lipinski definition) is 1. The van der Waals surface area contributed by atoms with Crippen LogP contribution in [0.1, 0.15) is 38.3 Å². The SMILES string of the molecule is CC(C)(C)c1ccc(O)c(C=CCCBr)c1. The molecule has 0 spiro atoms. The van der Waals surface area contributed by atoms with Gasteiger partial charge in [-0.3, -0.25) is 0 Å². The van der Waals surface area contributed by atoms with Crippen molar-refractivity contribution in [3.63, 3.8) is 0 Å². The number of phenols is 1. The van der Waals surface area contributed by atoms with Crippen molar-refractivity contribution in [3.05, 3.63) is 35.4 Å². The van der Waals surface area contributed by atoms with Crippen molar-refractivity contribution in [2.24, 2.45) is 0 Å². The van der Waals surface area contributed by atoms with Crippen LogP contribution in [-0.2, 0) is 5.41 Å². The van der Waals surface area contributed by atoms with Gasteiger partial charge in [0.1, 0.15) is 5.75 Å². The molecule has 0 radical (unpaired) electrons. The highest BCUT2D eigenvalue weighted by Crippen LogP contribution is 2.28. The quantitative estimate of drug-likeness (QED) is 0.810. The van der Waals surface area contributed by atoms with Gasteiger partial charge in [0, 0.05) is 10.9 Å². The van der Waals surface area contributed by atoms with Crippen molar-refractivity contribution in [3.8, 4) is 5.75 Å². The summed E-state index contributed by atoms with van der Waals surface area (Å²) >= 11 is 3.37. The van der Waals surface area contributed by atoms with Gasteiger partial charge >= 0.3 is 0 Å². The minimum atomic E-state index is 0.117. The van der Waals surface area contributed by atoms with E-state index in [9.17, 15) is 5.11 Å². The fraction of sp³-hybridized carbons (Fsp3) is 0.429. The lowest BCUT2D eigenvalue weighted by atomic mass is 9.86. The molecule has 0 atom stereocenters. The molecule has 0 aliphatic carbocycles. The summed E-state index contributed by atoms with van der Waals surface area (Å²) in [4.78, 5) is 0. The number of halogens is 1. The second kappa shape index (κ2) is 5.53. The van der Waals surface area contributed by atoms with E-state index >= 15 is 0 Å². The van der Waals surface area contributed by atoms with Gasteiger partial charge in [-0.1, -0.05) is 54.9 Å². The number of phenolic OH excluding ortho intramolecular Hbond substituents is 1.